The van der Waals surface area contributed by atoms with Crippen molar-refractivity contribution in [2.24, 2.45) is 0 Å². The van der Waals surface area contributed by atoms with Gasteiger partial charge in [-0.2, -0.15) is 4.98 Å². The van der Waals surface area contributed by atoms with Crippen molar-refractivity contribution >= 4 is 45.0 Å². The van der Waals surface area contributed by atoms with E-state index >= 15 is 0 Å². The van der Waals surface area contributed by atoms with Gasteiger partial charge in [0.05, 0.1) is 11.0 Å². The molecule has 1 fully saturated rings. The number of likely N-dealkylation sites (tertiary alicyclic amines) is 1. The summed E-state index contributed by atoms with van der Waals surface area (Å²) in [5.74, 6) is 0.405. The summed E-state index contributed by atoms with van der Waals surface area (Å²) in [7, 11) is 0. The lowest BCUT2D eigenvalue weighted by molar-refractivity contribution is -0.137. The summed E-state index contributed by atoms with van der Waals surface area (Å²) in [5.41, 5.74) is 3.70. The Morgan fingerprint density at radius 2 is 2.18 bits per heavy atom. The van der Waals surface area contributed by atoms with E-state index in [9.17, 15) is 9.59 Å². The van der Waals surface area contributed by atoms with Crippen LogP contribution in [0.25, 0.3) is 21.3 Å². The van der Waals surface area contributed by atoms with E-state index < -0.39 is 0 Å². The van der Waals surface area contributed by atoms with Crippen LogP contribution in [0.3, 0.4) is 0 Å². The van der Waals surface area contributed by atoms with Gasteiger partial charge in [0.15, 0.2) is 12.3 Å². The van der Waals surface area contributed by atoms with E-state index in [0.717, 1.165) is 59.3 Å². The second-order valence-electron chi connectivity index (χ2n) is 8.31. The number of hydrogen-bond acceptors (Lipinski definition) is 9. The molecule has 0 atom stereocenters. The molecule has 10 heteroatoms. The number of nitrogens with zero attached hydrogens (tertiary/aromatic N) is 3. The minimum atomic E-state index is -0.262. The van der Waals surface area contributed by atoms with Gasteiger partial charge in [-0.15, -0.1) is 0 Å². The zero-order chi connectivity index (χ0) is 23.5. The van der Waals surface area contributed by atoms with Crippen LogP contribution >= 0.6 is 11.3 Å². The van der Waals surface area contributed by atoms with Gasteiger partial charge in [0.25, 0.3) is 17.6 Å². The minimum Gasteiger partial charge on any atom is -0.464 e. The van der Waals surface area contributed by atoms with Crippen LogP contribution in [0.4, 0.5) is 0 Å². The second kappa shape index (κ2) is 9.78. The van der Waals surface area contributed by atoms with Gasteiger partial charge in [0.1, 0.15) is 11.3 Å². The van der Waals surface area contributed by atoms with Crippen LogP contribution in [0.15, 0.2) is 41.1 Å². The number of hydrogen-bond donors (Lipinski definition) is 1. The lowest BCUT2D eigenvalue weighted by atomic mass is 10.0. The average Bonchev–Trinajstić information content (AvgIpc) is 3.43. The van der Waals surface area contributed by atoms with Gasteiger partial charge in [-0.25, -0.2) is 4.98 Å². The van der Waals surface area contributed by atoms with E-state index in [2.05, 4.69) is 24.9 Å². The third-order valence-electron chi connectivity index (χ3n) is 5.93. The molecule has 0 bridgehead atoms. The first-order chi connectivity index (χ1) is 16.6. The molecule has 0 radical (unpaired) electrons. The number of pyridine rings is 1. The Kier molecular flexibility index (Phi) is 6.41. The maximum atomic E-state index is 11.7. The SMILES string of the molecule is Cc1ccnc2nc(Oc3ccc4c(CN5CCC(NC(=O)COC=O)CC5)coc4c3)sc12. The number of aromatic nitrogens is 2. The molecule has 9 nitrogen and oxygen atoms in total. The first-order valence-electron chi connectivity index (χ1n) is 11.1. The summed E-state index contributed by atoms with van der Waals surface area (Å²) < 4.78 is 17.3. The number of amides is 1. The van der Waals surface area contributed by atoms with Crippen LogP contribution in [0, 0.1) is 6.92 Å². The Labute approximate surface area is 199 Å². The van der Waals surface area contributed by atoms with Gasteiger partial charge in [-0.3, -0.25) is 14.5 Å². The maximum Gasteiger partial charge on any atom is 0.293 e. The monoisotopic (exact) mass is 480 g/mol. The van der Waals surface area contributed by atoms with Crippen molar-refractivity contribution in [3.8, 4) is 10.9 Å². The van der Waals surface area contributed by atoms with Crippen molar-refractivity contribution in [2.45, 2.75) is 32.4 Å². The molecule has 0 saturated carbocycles. The van der Waals surface area contributed by atoms with Crippen LogP contribution in [-0.4, -0.2) is 53.0 Å². The molecule has 34 heavy (non-hydrogen) atoms. The molecule has 1 amide bonds. The fraction of sp³-hybridized carbons (Fsp3) is 0.333. The van der Waals surface area contributed by atoms with Crippen LogP contribution < -0.4 is 10.1 Å². The number of rotatable bonds is 8. The highest BCUT2D eigenvalue weighted by Crippen LogP contribution is 2.34. The molecular formula is C24H24N4O5S. The number of piperidine rings is 1. The maximum absolute atomic E-state index is 11.7. The molecule has 1 aliphatic heterocycles. The zero-order valence-electron chi connectivity index (χ0n) is 18.7. The quantitative estimate of drug-likeness (QED) is 0.380. The number of furan rings is 1. The van der Waals surface area contributed by atoms with Crippen molar-refractivity contribution < 1.29 is 23.5 Å². The van der Waals surface area contributed by atoms with E-state index in [1.165, 1.54) is 11.3 Å². The third-order valence-corrected chi connectivity index (χ3v) is 6.99. The normalized spacial score (nSPS) is 15.0. The number of aryl methyl sites for hydroxylation is 1. The largest absolute Gasteiger partial charge is 0.464 e. The molecule has 5 rings (SSSR count). The summed E-state index contributed by atoms with van der Waals surface area (Å²) in [6.45, 7) is 4.57. The topological polar surface area (TPSA) is 107 Å². The van der Waals surface area contributed by atoms with Crippen molar-refractivity contribution in [2.75, 3.05) is 19.7 Å². The summed E-state index contributed by atoms with van der Waals surface area (Å²) in [5, 5.41) is 4.51. The fourth-order valence-corrected chi connectivity index (χ4v) is 5.05. The molecule has 4 aromatic rings. The molecule has 4 heterocycles. The van der Waals surface area contributed by atoms with E-state index in [0.29, 0.717) is 16.6 Å². The molecular weight excluding hydrogens is 456 g/mol. The average molecular weight is 481 g/mol. The van der Waals surface area contributed by atoms with Crippen molar-refractivity contribution in [1.82, 2.24) is 20.2 Å². The van der Waals surface area contributed by atoms with Crippen molar-refractivity contribution in [3.05, 3.63) is 47.9 Å². The first-order valence-corrected chi connectivity index (χ1v) is 11.9. The van der Waals surface area contributed by atoms with Crippen molar-refractivity contribution in [1.29, 1.82) is 0 Å². The summed E-state index contributed by atoms with van der Waals surface area (Å²) in [6, 6.07) is 7.89. The van der Waals surface area contributed by atoms with Gasteiger partial charge >= 0.3 is 0 Å². The first kappa shape index (κ1) is 22.3. The standard InChI is InChI=1S/C24H24N4O5S/c1-15-4-7-25-23-22(15)34-24(27-23)33-18-2-3-19-16(12-32-20(19)10-18)11-28-8-5-17(6-9-28)26-21(30)13-31-14-29/h2-4,7,10,12,14,17H,5-6,8-9,11,13H2,1H3,(H,26,30). The van der Waals surface area contributed by atoms with Crippen LogP contribution in [0.1, 0.15) is 24.0 Å². The van der Waals surface area contributed by atoms with Gasteiger partial charge in [-0.05, 0) is 43.5 Å². The molecule has 176 valence electrons. The predicted molar refractivity (Wildman–Crippen MR) is 127 cm³/mol. The molecule has 1 aromatic carbocycles. The second-order valence-corrected chi connectivity index (χ2v) is 9.27. The van der Waals surface area contributed by atoms with Gasteiger partial charge < -0.3 is 19.2 Å². The van der Waals surface area contributed by atoms with Gasteiger partial charge in [0, 0.05) is 48.9 Å². The molecule has 0 unspecified atom stereocenters. The lowest BCUT2D eigenvalue weighted by Crippen LogP contribution is -2.45. The number of fused-ring (bicyclic) bond motifs is 2. The number of nitrogens with one attached hydrogen (secondary N) is 1. The van der Waals surface area contributed by atoms with Crippen molar-refractivity contribution in [3.63, 3.8) is 0 Å². The Balaban J connectivity index is 1.20. The number of benzene rings is 1. The Hall–Kier alpha value is -3.50. The summed E-state index contributed by atoms with van der Waals surface area (Å²) in [4.78, 5) is 33.0. The molecule has 1 saturated heterocycles. The highest BCUT2D eigenvalue weighted by Gasteiger charge is 2.22. The highest BCUT2D eigenvalue weighted by atomic mass is 32.1. The van der Waals surface area contributed by atoms with Crippen LogP contribution in [0.2, 0.25) is 0 Å². The van der Waals surface area contributed by atoms with E-state index in [4.69, 9.17) is 9.15 Å². The van der Waals surface area contributed by atoms with Gasteiger partial charge in [-0.1, -0.05) is 11.3 Å². The number of thiazole rings is 1. The Morgan fingerprint density at radius 1 is 1.32 bits per heavy atom. The van der Waals surface area contributed by atoms with Crippen LogP contribution in [0.5, 0.6) is 10.9 Å². The Bertz CT molecular complexity index is 1330. The summed E-state index contributed by atoms with van der Waals surface area (Å²) >= 11 is 1.48. The zero-order valence-corrected chi connectivity index (χ0v) is 19.5. The number of carbonyl (C=O) groups excluding carboxylic acids is 2. The molecule has 0 aliphatic carbocycles. The van der Waals surface area contributed by atoms with E-state index in [1.54, 1.807) is 12.5 Å². The minimum absolute atomic E-state index is 0.0984. The predicted octanol–water partition coefficient (Wildman–Crippen LogP) is 3.79. The number of ether oxygens (including phenoxy) is 2. The smallest absolute Gasteiger partial charge is 0.293 e. The molecule has 3 aromatic heterocycles. The highest BCUT2D eigenvalue weighted by molar-refractivity contribution is 7.20. The summed E-state index contributed by atoms with van der Waals surface area (Å²) in [6.07, 6.45) is 5.24. The fourth-order valence-electron chi connectivity index (χ4n) is 4.18. The van der Waals surface area contributed by atoms with Crippen LogP contribution in [-0.2, 0) is 20.9 Å². The Morgan fingerprint density at radius 3 is 2.97 bits per heavy atom. The van der Waals surface area contributed by atoms with E-state index in [-0.39, 0.29) is 25.0 Å². The molecule has 0 spiro atoms. The van der Waals surface area contributed by atoms with Gasteiger partial charge in [0.2, 0.25) is 0 Å². The van der Waals surface area contributed by atoms with E-state index in [1.807, 2.05) is 31.2 Å². The molecule has 1 aliphatic rings. The number of carbonyl (C=O) groups is 2. The molecule has 1 N–H and O–H groups in total. The lowest BCUT2D eigenvalue weighted by Gasteiger charge is -2.32. The third kappa shape index (κ3) is 4.87.